The fourth-order valence-corrected chi connectivity index (χ4v) is 3.98. The number of nitrogens with zero attached hydrogens (tertiary/aromatic N) is 2. The van der Waals surface area contributed by atoms with Crippen molar-refractivity contribution in [3.63, 3.8) is 0 Å². The van der Waals surface area contributed by atoms with Gasteiger partial charge in [-0.25, -0.2) is 17.5 Å². The Kier molecular flexibility index (Phi) is 4.64. The molecular weight excluding hydrogens is 328 g/mol. The predicted octanol–water partition coefficient (Wildman–Crippen LogP) is 2.91. The lowest BCUT2D eigenvalue weighted by Crippen LogP contribution is -2.22. The summed E-state index contributed by atoms with van der Waals surface area (Å²) in [7, 11) is -0.615. The molecule has 0 saturated carbocycles. The van der Waals surface area contributed by atoms with Crippen LogP contribution in [0.25, 0.3) is 11.1 Å². The van der Waals surface area contributed by atoms with Gasteiger partial charge in [-0.15, -0.1) is 0 Å². The smallest absolute Gasteiger partial charge is 0.408 e. The summed E-state index contributed by atoms with van der Waals surface area (Å²) in [5.41, 5.74) is 0.936. The molecule has 1 aromatic heterocycles. The standard InChI is InChI=1S/C17H22N2O4S/c1-18(2)24(21,22)14-10-11-15-16(12-14)23-17(20)19(15)13-8-6-4-3-5-7-9-13/h6,8,10-13H,3-5,7,9H2,1-2H3/b8-6-. The maximum Gasteiger partial charge on any atom is 0.420 e. The molecule has 1 unspecified atom stereocenters. The summed E-state index contributed by atoms with van der Waals surface area (Å²) < 4.78 is 32.6. The van der Waals surface area contributed by atoms with Crippen molar-refractivity contribution in [2.24, 2.45) is 0 Å². The molecule has 1 atom stereocenters. The molecule has 0 bridgehead atoms. The van der Waals surface area contributed by atoms with Gasteiger partial charge >= 0.3 is 5.76 Å². The first kappa shape index (κ1) is 17.0. The van der Waals surface area contributed by atoms with Gasteiger partial charge in [0.2, 0.25) is 10.0 Å². The molecule has 130 valence electrons. The van der Waals surface area contributed by atoms with E-state index in [4.69, 9.17) is 4.42 Å². The van der Waals surface area contributed by atoms with Crippen LogP contribution in [-0.2, 0) is 10.0 Å². The maximum atomic E-state index is 12.3. The molecular formula is C17H22N2O4S. The van der Waals surface area contributed by atoms with Gasteiger partial charge in [-0.1, -0.05) is 25.0 Å². The Balaban J connectivity index is 2.09. The third-order valence-electron chi connectivity index (χ3n) is 4.42. The highest BCUT2D eigenvalue weighted by Gasteiger charge is 2.22. The van der Waals surface area contributed by atoms with Crippen molar-refractivity contribution in [3.05, 3.63) is 40.9 Å². The quantitative estimate of drug-likeness (QED) is 0.798. The largest absolute Gasteiger partial charge is 0.420 e. The molecule has 1 aliphatic carbocycles. The summed E-state index contributed by atoms with van der Waals surface area (Å²) in [5, 5.41) is 0. The highest BCUT2D eigenvalue weighted by molar-refractivity contribution is 7.89. The van der Waals surface area contributed by atoms with E-state index in [0.29, 0.717) is 11.1 Å². The first-order valence-corrected chi connectivity index (χ1v) is 9.59. The Morgan fingerprint density at radius 2 is 2.00 bits per heavy atom. The van der Waals surface area contributed by atoms with Crippen LogP contribution in [0.5, 0.6) is 0 Å². The van der Waals surface area contributed by atoms with Gasteiger partial charge in [-0.05, 0) is 31.4 Å². The normalized spacial score (nSPS) is 20.9. The molecule has 7 heteroatoms. The van der Waals surface area contributed by atoms with Crippen LogP contribution in [0.3, 0.4) is 0 Å². The molecule has 0 fully saturated rings. The molecule has 1 aliphatic rings. The zero-order valence-corrected chi connectivity index (χ0v) is 14.8. The zero-order chi connectivity index (χ0) is 17.3. The highest BCUT2D eigenvalue weighted by atomic mass is 32.2. The third-order valence-corrected chi connectivity index (χ3v) is 6.23. The molecule has 0 saturated heterocycles. The molecule has 0 spiro atoms. The molecule has 1 aromatic carbocycles. The van der Waals surface area contributed by atoms with Crippen molar-refractivity contribution in [2.45, 2.75) is 43.0 Å². The summed E-state index contributed by atoms with van der Waals surface area (Å²) >= 11 is 0. The Morgan fingerprint density at radius 3 is 2.75 bits per heavy atom. The minimum atomic E-state index is -3.56. The van der Waals surface area contributed by atoms with E-state index in [1.54, 1.807) is 10.6 Å². The van der Waals surface area contributed by atoms with Gasteiger partial charge < -0.3 is 4.42 Å². The van der Waals surface area contributed by atoms with Crippen molar-refractivity contribution in [2.75, 3.05) is 14.1 Å². The van der Waals surface area contributed by atoms with E-state index < -0.39 is 15.8 Å². The van der Waals surface area contributed by atoms with Crippen molar-refractivity contribution in [1.29, 1.82) is 0 Å². The molecule has 0 radical (unpaired) electrons. The van der Waals surface area contributed by atoms with Crippen LogP contribution in [0, 0.1) is 0 Å². The second-order valence-electron chi connectivity index (χ2n) is 6.29. The van der Waals surface area contributed by atoms with Crippen molar-refractivity contribution < 1.29 is 12.8 Å². The lowest BCUT2D eigenvalue weighted by molar-refractivity contribution is 0.448. The van der Waals surface area contributed by atoms with E-state index in [2.05, 4.69) is 12.2 Å². The number of fused-ring (bicyclic) bond motifs is 1. The van der Waals surface area contributed by atoms with E-state index in [0.717, 1.165) is 30.0 Å². The summed E-state index contributed by atoms with van der Waals surface area (Å²) in [4.78, 5) is 12.5. The number of hydrogen-bond donors (Lipinski definition) is 0. The molecule has 1 heterocycles. The SMILES string of the molecule is CN(C)S(=O)(=O)c1ccc2c(c1)oc(=O)n2C1/C=C\CCCCC1. The molecule has 0 N–H and O–H groups in total. The van der Waals surface area contributed by atoms with Gasteiger partial charge in [0.1, 0.15) is 0 Å². The van der Waals surface area contributed by atoms with Gasteiger partial charge in [0.05, 0.1) is 16.5 Å². The fourth-order valence-electron chi connectivity index (χ4n) is 3.06. The average molecular weight is 350 g/mol. The van der Waals surface area contributed by atoms with Crippen LogP contribution < -0.4 is 5.76 Å². The van der Waals surface area contributed by atoms with Crippen molar-refractivity contribution >= 4 is 21.1 Å². The lowest BCUT2D eigenvalue weighted by atomic mass is 10.0. The number of hydrogen-bond acceptors (Lipinski definition) is 4. The Bertz CT molecular complexity index is 922. The van der Waals surface area contributed by atoms with Crippen LogP contribution in [0.2, 0.25) is 0 Å². The topological polar surface area (TPSA) is 72.5 Å². The fraction of sp³-hybridized carbons (Fsp3) is 0.471. The van der Waals surface area contributed by atoms with Crippen molar-refractivity contribution in [3.8, 4) is 0 Å². The highest BCUT2D eigenvalue weighted by Crippen LogP contribution is 2.26. The summed E-state index contributed by atoms with van der Waals surface area (Å²) in [6.45, 7) is 0. The van der Waals surface area contributed by atoms with Crippen molar-refractivity contribution in [1.82, 2.24) is 8.87 Å². The molecule has 0 aliphatic heterocycles. The van der Waals surface area contributed by atoms with Crippen LogP contribution in [-0.4, -0.2) is 31.4 Å². The Labute approximate surface area is 141 Å². The second kappa shape index (κ2) is 6.57. The number of sulfonamides is 1. The molecule has 3 rings (SSSR count). The van der Waals surface area contributed by atoms with Crippen LogP contribution in [0.15, 0.2) is 44.5 Å². The van der Waals surface area contributed by atoms with E-state index in [1.807, 2.05) is 0 Å². The Hall–Kier alpha value is -1.86. The molecule has 0 amide bonds. The minimum Gasteiger partial charge on any atom is -0.408 e. The number of aromatic nitrogens is 1. The molecule has 6 nitrogen and oxygen atoms in total. The maximum absolute atomic E-state index is 12.3. The number of oxazole rings is 1. The summed E-state index contributed by atoms with van der Waals surface area (Å²) in [6, 6.07) is 4.56. The van der Waals surface area contributed by atoms with Gasteiger partial charge in [-0.3, -0.25) is 4.57 Å². The average Bonchev–Trinajstić information content (AvgIpc) is 2.82. The van der Waals surface area contributed by atoms with Crippen LogP contribution in [0.4, 0.5) is 0 Å². The van der Waals surface area contributed by atoms with Gasteiger partial charge in [0, 0.05) is 20.2 Å². The second-order valence-corrected chi connectivity index (χ2v) is 8.44. The first-order chi connectivity index (χ1) is 11.4. The minimum absolute atomic E-state index is 0.0460. The van der Waals surface area contributed by atoms with E-state index >= 15 is 0 Å². The third kappa shape index (κ3) is 3.06. The summed E-state index contributed by atoms with van der Waals surface area (Å²) in [5.74, 6) is -0.445. The Morgan fingerprint density at radius 1 is 1.21 bits per heavy atom. The number of benzene rings is 1. The van der Waals surface area contributed by atoms with E-state index in [-0.39, 0.29) is 10.9 Å². The monoisotopic (exact) mass is 350 g/mol. The number of rotatable bonds is 3. The predicted molar refractivity (Wildman–Crippen MR) is 92.6 cm³/mol. The van der Waals surface area contributed by atoms with Gasteiger partial charge in [0.15, 0.2) is 5.58 Å². The van der Waals surface area contributed by atoms with Crippen LogP contribution in [0.1, 0.15) is 38.1 Å². The van der Waals surface area contributed by atoms with Crippen LogP contribution >= 0.6 is 0 Å². The summed E-state index contributed by atoms with van der Waals surface area (Å²) in [6.07, 6.45) is 9.45. The first-order valence-electron chi connectivity index (χ1n) is 8.15. The number of allylic oxidation sites excluding steroid dienone is 2. The van der Waals surface area contributed by atoms with Gasteiger partial charge in [-0.2, -0.15) is 0 Å². The van der Waals surface area contributed by atoms with E-state index in [9.17, 15) is 13.2 Å². The van der Waals surface area contributed by atoms with E-state index in [1.165, 1.54) is 32.6 Å². The zero-order valence-electron chi connectivity index (χ0n) is 13.9. The molecule has 24 heavy (non-hydrogen) atoms. The van der Waals surface area contributed by atoms with Gasteiger partial charge in [0.25, 0.3) is 0 Å². The lowest BCUT2D eigenvalue weighted by Gasteiger charge is -2.16. The molecule has 2 aromatic rings.